The number of pyridine rings is 1. The van der Waals surface area contributed by atoms with Crippen molar-refractivity contribution >= 4 is 5.91 Å². The average Bonchev–Trinajstić information content (AvgIpc) is 2.61. The number of ether oxygens (including phenoxy) is 2. The molecule has 0 radical (unpaired) electrons. The molecule has 28 heavy (non-hydrogen) atoms. The number of nitrogens with zero attached hydrogens (tertiary/aromatic N) is 1. The first-order chi connectivity index (χ1) is 13.1. The molecule has 0 bridgehead atoms. The van der Waals surface area contributed by atoms with E-state index in [2.05, 4.69) is 15.0 Å². The van der Waals surface area contributed by atoms with Gasteiger partial charge in [0.25, 0.3) is 5.91 Å². The van der Waals surface area contributed by atoms with E-state index in [4.69, 9.17) is 4.74 Å². The zero-order chi connectivity index (χ0) is 20.7. The molecule has 2 rings (SSSR count). The second-order valence-electron chi connectivity index (χ2n) is 6.82. The number of carbonyl (C=O) groups excluding carboxylic acids is 1. The van der Waals surface area contributed by atoms with E-state index in [1.807, 2.05) is 13.8 Å². The molecule has 1 aromatic carbocycles. The maximum atomic E-state index is 13.5. The largest absolute Gasteiger partial charge is 0.430 e. The lowest BCUT2D eigenvalue weighted by molar-refractivity contribution is -0.160. The molecule has 0 aliphatic heterocycles. The van der Waals surface area contributed by atoms with Crippen molar-refractivity contribution in [2.24, 2.45) is 5.92 Å². The van der Waals surface area contributed by atoms with Crippen LogP contribution in [0.1, 0.15) is 42.4 Å². The highest BCUT2D eigenvalue weighted by Gasteiger charge is 2.25. The van der Waals surface area contributed by atoms with E-state index >= 15 is 0 Å². The third kappa shape index (κ3) is 7.19. The van der Waals surface area contributed by atoms with Crippen molar-refractivity contribution in [2.75, 3.05) is 6.54 Å². The highest BCUT2D eigenvalue weighted by atomic mass is 19.3. The second-order valence-corrected chi connectivity index (χ2v) is 6.82. The molecule has 0 fully saturated rings. The summed E-state index contributed by atoms with van der Waals surface area (Å²) < 4.78 is 49.2. The monoisotopic (exact) mass is 396 g/mol. The first-order valence-corrected chi connectivity index (χ1v) is 8.80. The number of alkyl halides is 2. The van der Waals surface area contributed by atoms with Gasteiger partial charge in [0.1, 0.15) is 5.69 Å². The fraction of sp³-hybridized carbons (Fsp3) is 0.400. The minimum Gasteiger partial charge on any atom is -0.430 e. The number of hydrogen-bond acceptors (Lipinski definition) is 4. The Bertz CT molecular complexity index is 790. The van der Waals surface area contributed by atoms with Gasteiger partial charge in [-0.2, -0.15) is 8.78 Å². The van der Waals surface area contributed by atoms with Crippen LogP contribution < -0.4 is 10.1 Å². The van der Waals surface area contributed by atoms with E-state index in [-0.39, 0.29) is 19.1 Å². The predicted molar refractivity (Wildman–Crippen MR) is 97.6 cm³/mol. The summed E-state index contributed by atoms with van der Waals surface area (Å²) in [6, 6.07) is 6.96. The SMILES string of the molecule is CC(C)CNC(=O)c1ccc(COCc2ccc(F)c(OC(C)(F)F)c2)cn1. The van der Waals surface area contributed by atoms with E-state index in [1.165, 1.54) is 18.3 Å². The van der Waals surface area contributed by atoms with Crippen molar-refractivity contribution in [3.63, 3.8) is 0 Å². The molecule has 1 aromatic heterocycles. The Labute approximate surface area is 161 Å². The van der Waals surface area contributed by atoms with Gasteiger partial charge >= 0.3 is 6.11 Å². The van der Waals surface area contributed by atoms with Crippen molar-refractivity contribution in [1.29, 1.82) is 0 Å². The second kappa shape index (κ2) is 9.54. The minimum atomic E-state index is -3.48. The van der Waals surface area contributed by atoms with Gasteiger partial charge in [-0.1, -0.05) is 26.0 Å². The van der Waals surface area contributed by atoms with Crippen molar-refractivity contribution in [2.45, 2.75) is 40.1 Å². The molecular formula is C20H23F3N2O3. The van der Waals surface area contributed by atoms with Gasteiger partial charge < -0.3 is 14.8 Å². The molecule has 152 valence electrons. The molecule has 8 heteroatoms. The molecule has 0 aliphatic rings. The Morgan fingerprint density at radius 2 is 1.86 bits per heavy atom. The van der Waals surface area contributed by atoms with Crippen LogP contribution in [0.3, 0.4) is 0 Å². The molecule has 0 spiro atoms. The minimum absolute atomic E-state index is 0.0720. The Hall–Kier alpha value is -2.61. The molecule has 2 aromatic rings. The maximum absolute atomic E-state index is 13.5. The summed E-state index contributed by atoms with van der Waals surface area (Å²) in [4.78, 5) is 16.0. The first kappa shape index (κ1) is 21.7. The molecule has 0 saturated heterocycles. The quantitative estimate of drug-likeness (QED) is 0.686. The van der Waals surface area contributed by atoms with Gasteiger partial charge in [-0.05, 0) is 35.2 Å². The molecule has 5 nitrogen and oxygen atoms in total. The Kier molecular flexibility index (Phi) is 7.39. The first-order valence-electron chi connectivity index (χ1n) is 8.80. The number of carbonyl (C=O) groups is 1. The number of halogens is 3. The standard InChI is InChI=1S/C20H23F3N2O3/c1-13(2)9-25-19(26)17-7-5-15(10-24-17)12-27-11-14-4-6-16(21)18(8-14)28-20(3,22)23/h4-8,10,13H,9,11-12H2,1-3H3,(H,25,26). The van der Waals surface area contributed by atoms with Crippen LogP contribution in [0, 0.1) is 11.7 Å². The fourth-order valence-corrected chi connectivity index (χ4v) is 2.23. The smallest absolute Gasteiger partial charge is 0.395 e. The van der Waals surface area contributed by atoms with Crippen molar-refractivity contribution in [3.05, 3.63) is 59.2 Å². The molecule has 1 amide bonds. The summed E-state index contributed by atoms with van der Waals surface area (Å²) in [7, 11) is 0. The van der Waals surface area contributed by atoms with E-state index in [9.17, 15) is 18.0 Å². The molecule has 0 unspecified atom stereocenters. The van der Waals surface area contributed by atoms with Gasteiger partial charge in [-0.15, -0.1) is 0 Å². The van der Waals surface area contributed by atoms with E-state index in [1.54, 1.807) is 12.1 Å². The Morgan fingerprint density at radius 3 is 2.46 bits per heavy atom. The highest BCUT2D eigenvalue weighted by Crippen LogP contribution is 2.25. The van der Waals surface area contributed by atoms with Crippen LogP contribution in [0.4, 0.5) is 13.2 Å². The zero-order valence-corrected chi connectivity index (χ0v) is 16.0. The summed E-state index contributed by atoms with van der Waals surface area (Å²) >= 11 is 0. The summed E-state index contributed by atoms with van der Waals surface area (Å²) in [5, 5.41) is 2.78. The molecule has 0 saturated carbocycles. The van der Waals surface area contributed by atoms with Crippen molar-refractivity contribution in [3.8, 4) is 5.75 Å². The van der Waals surface area contributed by atoms with Gasteiger partial charge in [0.15, 0.2) is 11.6 Å². The summed E-state index contributed by atoms with van der Waals surface area (Å²) in [6.45, 7) is 5.37. The molecule has 0 aliphatic carbocycles. The number of amides is 1. The third-order valence-corrected chi connectivity index (χ3v) is 3.55. The normalized spacial score (nSPS) is 11.5. The lowest BCUT2D eigenvalue weighted by Crippen LogP contribution is -2.28. The van der Waals surface area contributed by atoms with Gasteiger partial charge in [0.05, 0.1) is 13.2 Å². The highest BCUT2D eigenvalue weighted by molar-refractivity contribution is 5.92. The number of hydrogen-bond donors (Lipinski definition) is 1. The number of aromatic nitrogens is 1. The van der Waals surface area contributed by atoms with Gasteiger partial charge in [-0.25, -0.2) is 4.39 Å². The van der Waals surface area contributed by atoms with Crippen LogP contribution in [0.15, 0.2) is 36.5 Å². The molecular weight excluding hydrogens is 373 g/mol. The van der Waals surface area contributed by atoms with E-state index in [0.29, 0.717) is 30.6 Å². The average molecular weight is 396 g/mol. The van der Waals surface area contributed by atoms with E-state index < -0.39 is 17.7 Å². The van der Waals surface area contributed by atoms with Crippen LogP contribution in [0.5, 0.6) is 5.75 Å². The van der Waals surface area contributed by atoms with Crippen molar-refractivity contribution < 1.29 is 27.4 Å². The number of benzene rings is 1. The lowest BCUT2D eigenvalue weighted by Gasteiger charge is -2.14. The topological polar surface area (TPSA) is 60.5 Å². The van der Waals surface area contributed by atoms with Crippen LogP contribution in [0.25, 0.3) is 0 Å². The van der Waals surface area contributed by atoms with E-state index in [0.717, 1.165) is 11.6 Å². The molecule has 1 N–H and O–H groups in total. The molecule has 0 atom stereocenters. The van der Waals surface area contributed by atoms with Gasteiger partial charge in [0.2, 0.25) is 0 Å². The lowest BCUT2D eigenvalue weighted by atomic mass is 10.2. The summed E-state index contributed by atoms with van der Waals surface area (Å²) in [5.74, 6) is -1.31. The van der Waals surface area contributed by atoms with Gasteiger partial charge in [-0.3, -0.25) is 9.78 Å². The molecule has 1 heterocycles. The van der Waals surface area contributed by atoms with Crippen LogP contribution in [-0.2, 0) is 18.0 Å². The number of rotatable bonds is 9. The summed E-state index contributed by atoms with van der Waals surface area (Å²) in [6.07, 6.45) is -1.95. The predicted octanol–water partition coefficient (Wildman–Crippen LogP) is 4.31. The Balaban J connectivity index is 1.88. The van der Waals surface area contributed by atoms with Gasteiger partial charge in [0, 0.05) is 19.7 Å². The summed E-state index contributed by atoms with van der Waals surface area (Å²) in [5.41, 5.74) is 1.53. The van der Waals surface area contributed by atoms with Crippen LogP contribution >= 0.6 is 0 Å². The fourth-order valence-electron chi connectivity index (χ4n) is 2.23. The number of nitrogens with one attached hydrogen (secondary N) is 1. The van der Waals surface area contributed by atoms with Crippen LogP contribution in [-0.4, -0.2) is 23.5 Å². The third-order valence-electron chi connectivity index (χ3n) is 3.55. The Morgan fingerprint density at radius 1 is 1.18 bits per heavy atom. The van der Waals surface area contributed by atoms with Crippen LogP contribution in [0.2, 0.25) is 0 Å². The maximum Gasteiger partial charge on any atom is 0.395 e. The zero-order valence-electron chi connectivity index (χ0n) is 16.0. The van der Waals surface area contributed by atoms with Crippen molar-refractivity contribution in [1.82, 2.24) is 10.3 Å².